The molecule has 0 atom stereocenters. The first-order valence-electron chi connectivity index (χ1n) is 10.8. The molecule has 3 aromatic carbocycles. The average molecular weight is 463 g/mol. The van der Waals surface area contributed by atoms with Crippen LogP contribution in [0.4, 0.5) is 4.79 Å². The number of imidazole rings is 1. The summed E-state index contributed by atoms with van der Waals surface area (Å²) in [5.74, 6) is 0. The number of fused-ring (bicyclic) bond motifs is 1. The highest BCUT2D eigenvalue weighted by Gasteiger charge is 2.17. The van der Waals surface area contributed by atoms with E-state index < -0.39 is 16.1 Å². The SMILES string of the molecule is CCc1cccc2ncn(-c3ccc(CCNC(=O)NS(=O)(=O)c4ccc(C)cc4)cc3)c12. The van der Waals surface area contributed by atoms with Crippen LogP contribution in [0.15, 0.2) is 78.0 Å². The molecule has 4 rings (SSSR count). The van der Waals surface area contributed by atoms with Crippen molar-refractivity contribution in [2.24, 2.45) is 0 Å². The highest BCUT2D eigenvalue weighted by atomic mass is 32.2. The second-order valence-corrected chi connectivity index (χ2v) is 9.53. The van der Waals surface area contributed by atoms with Crippen LogP contribution < -0.4 is 10.0 Å². The van der Waals surface area contributed by atoms with E-state index in [0.717, 1.165) is 34.3 Å². The lowest BCUT2D eigenvalue weighted by Gasteiger charge is -2.10. The number of amides is 2. The van der Waals surface area contributed by atoms with E-state index in [-0.39, 0.29) is 4.90 Å². The van der Waals surface area contributed by atoms with Crippen molar-refractivity contribution in [3.05, 3.63) is 89.7 Å². The zero-order valence-corrected chi connectivity index (χ0v) is 19.4. The third kappa shape index (κ3) is 5.06. The number of aromatic nitrogens is 2. The highest BCUT2D eigenvalue weighted by molar-refractivity contribution is 7.90. The Hall–Kier alpha value is -3.65. The van der Waals surface area contributed by atoms with Crippen molar-refractivity contribution in [3.63, 3.8) is 0 Å². The summed E-state index contributed by atoms with van der Waals surface area (Å²) in [6.07, 6.45) is 3.33. The van der Waals surface area contributed by atoms with Crippen molar-refractivity contribution in [1.82, 2.24) is 19.6 Å². The maximum absolute atomic E-state index is 12.3. The molecule has 0 saturated heterocycles. The lowest BCUT2D eigenvalue weighted by molar-refractivity contribution is 0.246. The first-order chi connectivity index (χ1) is 15.9. The summed E-state index contributed by atoms with van der Waals surface area (Å²) >= 11 is 0. The molecule has 1 heterocycles. The molecule has 170 valence electrons. The number of carbonyl (C=O) groups is 1. The van der Waals surface area contributed by atoms with E-state index >= 15 is 0 Å². The quantitative estimate of drug-likeness (QED) is 0.432. The molecule has 0 saturated carbocycles. The third-order valence-corrected chi connectivity index (χ3v) is 6.85. The summed E-state index contributed by atoms with van der Waals surface area (Å²) in [6.45, 7) is 4.30. The van der Waals surface area contributed by atoms with Crippen molar-refractivity contribution in [2.45, 2.75) is 31.6 Å². The predicted molar refractivity (Wildman–Crippen MR) is 129 cm³/mol. The molecule has 8 heteroatoms. The van der Waals surface area contributed by atoms with E-state index in [9.17, 15) is 13.2 Å². The lowest BCUT2D eigenvalue weighted by atomic mass is 10.1. The Balaban J connectivity index is 1.36. The standard InChI is InChI=1S/C25H26N4O3S/c1-3-20-5-4-6-23-24(20)29(17-27-23)21-11-9-19(10-12-21)15-16-26-25(30)28-33(31,32)22-13-7-18(2)8-14-22/h4-14,17H,3,15-16H2,1-2H3,(H2,26,28,30). The van der Waals surface area contributed by atoms with Crippen molar-refractivity contribution in [1.29, 1.82) is 0 Å². The van der Waals surface area contributed by atoms with Gasteiger partial charge >= 0.3 is 6.03 Å². The number of rotatable bonds is 7. The van der Waals surface area contributed by atoms with Crippen LogP contribution in [0.1, 0.15) is 23.6 Å². The van der Waals surface area contributed by atoms with E-state index in [0.29, 0.717) is 13.0 Å². The summed E-state index contributed by atoms with van der Waals surface area (Å²) in [4.78, 5) is 16.6. The van der Waals surface area contributed by atoms with Gasteiger partial charge in [-0.15, -0.1) is 0 Å². The average Bonchev–Trinajstić information content (AvgIpc) is 3.24. The highest BCUT2D eigenvalue weighted by Crippen LogP contribution is 2.22. The number of urea groups is 1. The minimum atomic E-state index is -3.90. The molecule has 1 aromatic heterocycles. The minimum absolute atomic E-state index is 0.0529. The van der Waals surface area contributed by atoms with Gasteiger partial charge in [-0.2, -0.15) is 0 Å². The van der Waals surface area contributed by atoms with Gasteiger partial charge in [0.25, 0.3) is 10.0 Å². The fraction of sp³-hybridized carbons (Fsp3) is 0.200. The Morgan fingerprint density at radius 2 is 1.73 bits per heavy atom. The van der Waals surface area contributed by atoms with Gasteiger partial charge in [-0.25, -0.2) is 22.9 Å². The van der Waals surface area contributed by atoms with Crippen LogP contribution in [0.3, 0.4) is 0 Å². The normalized spacial score (nSPS) is 11.5. The predicted octanol–water partition coefficient (Wildman–Crippen LogP) is 4.13. The Morgan fingerprint density at radius 3 is 2.42 bits per heavy atom. The fourth-order valence-electron chi connectivity index (χ4n) is 3.70. The van der Waals surface area contributed by atoms with E-state index in [1.54, 1.807) is 12.1 Å². The number of aryl methyl sites for hydroxylation is 2. The van der Waals surface area contributed by atoms with Crippen LogP contribution in [-0.4, -0.2) is 30.5 Å². The van der Waals surface area contributed by atoms with Crippen LogP contribution >= 0.6 is 0 Å². The largest absolute Gasteiger partial charge is 0.337 e. The monoisotopic (exact) mass is 462 g/mol. The molecular weight excluding hydrogens is 436 g/mol. The smallest absolute Gasteiger partial charge is 0.328 e. The Labute approximate surface area is 193 Å². The number of hydrogen-bond acceptors (Lipinski definition) is 4. The number of para-hydroxylation sites is 1. The Morgan fingerprint density at radius 1 is 1.00 bits per heavy atom. The molecule has 7 nitrogen and oxygen atoms in total. The van der Waals surface area contributed by atoms with Crippen molar-refractivity contribution >= 4 is 27.1 Å². The van der Waals surface area contributed by atoms with Crippen molar-refractivity contribution in [2.75, 3.05) is 6.54 Å². The first kappa shape index (κ1) is 22.5. The number of benzene rings is 3. The summed E-state index contributed by atoms with van der Waals surface area (Å²) in [5, 5.41) is 2.61. The van der Waals surface area contributed by atoms with Gasteiger partial charge in [0.05, 0.1) is 15.9 Å². The summed E-state index contributed by atoms with van der Waals surface area (Å²) < 4.78 is 28.7. The number of carbonyl (C=O) groups excluding carboxylic acids is 1. The molecule has 0 unspecified atom stereocenters. The van der Waals surface area contributed by atoms with Gasteiger partial charge in [-0.1, -0.05) is 48.9 Å². The molecule has 0 aliphatic heterocycles. The molecule has 2 amide bonds. The van der Waals surface area contributed by atoms with Crippen LogP contribution in [0.2, 0.25) is 0 Å². The van der Waals surface area contributed by atoms with Crippen LogP contribution in [-0.2, 0) is 22.9 Å². The van der Waals surface area contributed by atoms with Gasteiger partial charge in [0.2, 0.25) is 0 Å². The van der Waals surface area contributed by atoms with Crippen molar-refractivity contribution in [3.8, 4) is 5.69 Å². The number of nitrogens with one attached hydrogen (secondary N) is 2. The number of nitrogens with zero attached hydrogens (tertiary/aromatic N) is 2. The molecule has 0 radical (unpaired) electrons. The Bertz CT molecular complexity index is 1380. The van der Waals surface area contributed by atoms with Gasteiger partial charge in [0.15, 0.2) is 0 Å². The van der Waals surface area contributed by atoms with E-state index in [1.807, 2.05) is 54.4 Å². The topological polar surface area (TPSA) is 93.1 Å². The first-order valence-corrected chi connectivity index (χ1v) is 12.3. The fourth-order valence-corrected chi connectivity index (χ4v) is 4.63. The van der Waals surface area contributed by atoms with Crippen LogP contribution in [0, 0.1) is 6.92 Å². The molecule has 0 fully saturated rings. The molecular formula is C25H26N4O3S. The molecule has 0 aliphatic rings. The van der Waals surface area contributed by atoms with Crippen molar-refractivity contribution < 1.29 is 13.2 Å². The van der Waals surface area contributed by atoms with Gasteiger partial charge in [0, 0.05) is 12.2 Å². The number of sulfonamides is 1. The number of hydrogen-bond donors (Lipinski definition) is 2. The maximum atomic E-state index is 12.3. The lowest BCUT2D eigenvalue weighted by Crippen LogP contribution is -2.40. The van der Waals surface area contributed by atoms with Gasteiger partial charge in [-0.05, 0) is 61.2 Å². The second kappa shape index (κ2) is 9.46. The van der Waals surface area contributed by atoms with Crippen LogP contribution in [0.25, 0.3) is 16.7 Å². The zero-order valence-electron chi connectivity index (χ0n) is 18.6. The van der Waals surface area contributed by atoms with Gasteiger partial charge < -0.3 is 5.32 Å². The molecule has 4 aromatic rings. The van der Waals surface area contributed by atoms with Gasteiger partial charge in [-0.3, -0.25) is 4.57 Å². The molecule has 0 aliphatic carbocycles. The molecule has 0 spiro atoms. The molecule has 0 bridgehead atoms. The summed E-state index contributed by atoms with van der Waals surface area (Å²) in [5.41, 5.74) is 6.30. The van der Waals surface area contributed by atoms with Gasteiger partial charge in [0.1, 0.15) is 6.33 Å². The maximum Gasteiger partial charge on any atom is 0.328 e. The third-order valence-electron chi connectivity index (χ3n) is 5.50. The molecule has 2 N–H and O–H groups in total. The second-order valence-electron chi connectivity index (χ2n) is 7.84. The van der Waals surface area contributed by atoms with E-state index in [1.165, 1.54) is 17.7 Å². The van der Waals surface area contributed by atoms with E-state index in [4.69, 9.17) is 0 Å². The zero-order chi connectivity index (χ0) is 23.4. The van der Waals surface area contributed by atoms with E-state index in [2.05, 4.69) is 27.9 Å². The minimum Gasteiger partial charge on any atom is -0.337 e. The molecule has 33 heavy (non-hydrogen) atoms. The van der Waals surface area contributed by atoms with Crippen LogP contribution in [0.5, 0.6) is 0 Å². The summed E-state index contributed by atoms with van der Waals surface area (Å²) in [6, 6.07) is 19.8. The Kier molecular flexibility index (Phi) is 6.46. The summed E-state index contributed by atoms with van der Waals surface area (Å²) in [7, 11) is -3.90.